The number of carbonyl (C=O) groups excluding carboxylic acids is 3. The molecule has 0 aromatic rings. The highest BCUT2D eigenvalue weighted by Gasteiger charge is 2.22. The third-order valence-electron chi connectivity index (χ3n) is 13.1. The maximum Gasteiger partial charge on any atom is 0.306 e. The van der Waals surface area contributed by atoms with Crippen LogP contribution in [0.4, 0.5) is 0 Å². The molecule has 0 N–H and O–H groups in total. The molecule has 0 fully saturated rings. The van der Waals surface area contributed by atoms with E-state index in [1.54, 1.807) is 0 Å². The highest BCUT2D eigenvalue weighted by molar-refractivity contribution is 5.70. The van der Waals surface area contributed by atoms with Gasteiger partial charge >= 0.3 is 11.9 Å². The summed E-state index contributed by atoms with van der Waals surface area (Å²) in [6.45, 7) is 4.67. The standard InChI is InChI=1S/C62H113NO8/c1-6-8-10-12-14-16-18-20-22-24-26-28-29-30-31-33-35-37-39-41-43-45-47-49-51-53-60(65)71-58(57-70-62(61(66)67)68-55-54-63(3,4)5)56-69-59(64)52-50-48-46-44-42-40-38-36-34-32-27-25-23-21-19-17-15-13-11-9-7-2/h8,10,14,16,20,22,26,28,58,62H,6-7,9,11-13,15,17-19,21,23-25,27,29-57H2,1-5H3/b10-8-,16-14-,22-20-,28-26-. The van der Waals surface area contributed by atoms with Crippen molar-refractivity contribution >= 4 is 17.9 Å². The lowest BCUT2D eigenvalue weighted by molar-refractivity contribution is -0.870. The van der Waals surface area contributed by atoms with Crippen molar-refractivity contribution in [3.05, 3.63) is 48.6 Å². The van der Waals surface area contributed by atoms with E-state index in [1.807, 2.05) is 21.1 Å². The molecule has 0 saturated heterocycles. The molecule has 0 aromatic heterocycles. The van der Waals surface area contributed by atoms with Gasteiger partial charge in [0.15, 0.2) is 12.4 Å². The smallest absolute Gasteiger partial charge is 0.306 e. The molecule has 2 unspecified atom stereocenters. The van der Waals surface area contributed by atoms with Gasteiger partial charge in [0, 0.05) is 12.8 Å². The highest BCUT2D eigenvalue weighted by atomic mass is 16.7. The van der Waals surface area contributed by atoms with E-state index in [4.69, 9.17) is 18.9 Å². The normalized spacial score (nSPS) is 13.1. The summed E-state index contributed by atoms with van der Waals surface area (Å²) in [6.07, 6.45) is 63.0. The van der Waals surface area contributed by atoms with Crippen LogP contribution in [-0.2, 0) is 33.3 Å². The van der Waals surface area contributed by atoms with Gasteiger partial charge in [-0.2, -0.15) is 0 Å². The third kappa shape index (κ3) is 54.9. The Morgan fingerprint density at radius 1 is 0.437 bits per heavy atom. The Kier molecular flexibility index (Phi) is 51.5. The van der Waals surface area contributed by atoms with Crippen molar-refractivity contribution < 1.29 is 42.9 Å². The van der Waals surface area contributed by atoms with E-state index >= 15 is 0 Å². The molecule has 0 amide bonds. The molecule has 0 aliphatic rings. The molecule has 0 aliphatic heterocycles. The topological polar surface area (TPSA) is 111 Å². The van der Waals surface area contributed by atoms with Crippen LogP contribution in [0, 0.1) is 0 Å². The zero-order valence-electron chi connectivity index (χ0n) is 47.1. The monoisotopic (exact) mass is 1000 g/mol. The molecule has 0 bridgehead atoms. The fourth-order valence-corrected chi connectivity index (χ4v) is 8.53. The molecule has 0 saturated carbocycles. The highest BCUT2D eigenvalue weighted by Crippen LogP contribution is 2.17. The minimum Gasteiger partial charge on any atom is -0.545 e. The van der Waals surface area contributed by atoms with Crippen molar-refractivity contribution in [2.24, 2.45) is 0 Å². The minimum absolute atomic E-state index is 0.148. The largest absolute Gasteiger partial charge is 0.545 e. The summed E-state index contributed by atoms with van der Waals surface area (Å²) < 4.78 is 22.7. The first-order valence-electron chi connectivity index (χ1n) is 29.8. The number of rotatable bonds is 55. The molecule has 9 nitrogen and oxygen atoms in total. The Morgan fingerprint density at radius 3 is 1.20 bits per heavy atom. The number of carboxylic acid groups (broad SMARTS) is 1. The lowest BCUT2D eigenvalue weighted by Crippen LogP contribution is -2.44. The summed E-state index contributed by atoms with van der Waals surface area (Å²) >= 11 is 0. The van der Waals surface area contributed by atoms with Crippen LogP contribution >= 0.6 is 0 Å². The zero-order chi connectivity index (χ0) is 52.0. The first-order chi connectivity index (χ1) is 34.6. The van der Waals surface area contributed by atoms with Crippen molar-refractivity contribution in [2.75, 3.05) is 47.5 Å². The van der Waals surface area contributed by atoms with Crippen LogP contribution in [0.5, 0.6) is 0 Å². The van der Waals surface area contributed by atoms with E-state index in [1.165, 1.54) is 173 Å². The molecule has 0 heterocycles. The van der Waals surface area contributed by atoms with Crippen LogP contribution < -0.4 is 5.11 Å². The second-order valence-electron chi connectivity index (χ2n) is 21.3. The van der Waals surface area contributed by atoms with Crippen molar-refractivity contribution in [3.8, 4) is 0 Å². The number of quaternary nitrogens is 1. The van der Waals surface area contributed by atoms with Crippen LogP contribution in [0.3, 0.4) is 0 Å². The quantitative estimate of drug-likeness (QED) is 0.0195. The average Bonchev–Trinajstić information content (AvgIpc) is 3.34. The second-order valence-corrected chi connectivity index (χ2v) is 21.3. The van der Waals surface area contributed by atoms with Gasteiger partial charge in [0.25, 0.3) is 0 Å². The van der Waals surface area contributed by atoms with E-state index in [0.29, 0.717) is 23.9 Å². The van der Waals surface area contributed by atoms with Crippen molar-refractivity contribution in [2.45, 2.75) is 283 Å². The van der Waals surface area contributed by atoms with E-state index in [0.717, 1.165) is 64.2 Å². The van der Waals surface area contributed by atoms with Gasteiger partial charge in [-0.1, -0.05) is 255 Å². The Bertz CT molecular complexity index is 1300. The lowest BCUT2D eigenvalue weighted by Gasteiger charge is -2.26. The zero-order valence-corrected chi connectivity index (χ0v) is 47.1. The molecule has 0 radical (unpaired) electrons. The van der Waals surface area contributed by atoms with E-state index in [-0.39, 0.29) is 32.2 Å². The predicted octanol–water partition coefficient (Wildman–Crippen LogP) is 16.1. The first kappa shape index (κ1) is 68.2. The van der Waals surface area contributed by atoms with Gasteiger partial charge < -0.3 is 33.3 Å². The number of esters is 2. The number of carbonyl (C=O) groups is 3. The van der Waals surface area contributed by atoms with Crippen molar-refractivity contribution in [1.82, 2.24) is 0 Å². The van der Waals surface area contributed by atoms with Crippen LogP contribution in [0.1, 0.15) is 271 Å². The number of hydrogen-bond donors (Lipinski definition) is 0. The lowest BCUT2D eigenvalue weighted by atomic mass is 10.0. The van der Waals surface area contributed by atoms with Gasteiger partial charge in [-0.15, -0.1) is 0 Å². The van der Waals surface area contributed by atoms with Gasteiger partial charge in [-0.05, 0) is 51.4 Å². The predicted molar refractivity (Wildman–Crippen MR) is 297 cm³/mol. The van der Waals surface area contributed by atoms with Gasteiger partial charge in [-0.3, -0.25) is 9.59 Å². The molecule has 0 spiro atoms. The number of nitrogens with zero attached hydrogens (tertiary/aromatic N) is 1. The van der Waals surface area contributed by atoms with Gasteiger partial charge in [0.05, 0.1) is 40.3 Å². The molecule has 0 aliphatic carbocycles. The van der Waals surface area contributed by atoms with Gasteiger partial charge in [0.2, 0.25) is 0 Å². The molecular weight excluding hydrogens is 887 g/mol. The number of carboxylic acids is 1. The van der Waals surface area contributed by atoms with Crippen LogP contribution in [0.15, 0.2) is 48.6 Å². The fraction of sp³-hybridized carbons (Fsp3) is 0.823. The Balaban J connectivity index is 4.21. The SMILES string of the molecule is CC/C=C\C/C=C\C/C=C\C/C=C\CCCCCCCCCCCCCCC(=O)OC(COC(=O)CCCCCCCCCCCCCCCCCCCCCCC)COC(OCC[N+](C)(C)C)C(=O)[O-]. The van der Waals surface area contributed by atoms with Crippen molar-refractivity contribution in [3.63, 3.8) is 0 Å². The summed E-state index contributed by atoms with van der Waals surface area (Å²) in [6, 6.07) is 0. The maximum atomic E-state index is 12.9. The number of unbranched alkanes of at least 4 members (excludes halogenated alkanes) is 32. The molecule has 9 heteroatoms. The fourth-order valence-electron chi connectivity index (χ4n) is 8.53. The number of ether oxygens (including phenoxy) is 4. The van der Waals surface area contributed by atoms with Crippen LogP contribution in [0.2, 0.25) is 0 Å². The third-order valence-corrected chi connectivity index (χ3v) is 13.1. The second kappa shape index (κ2) is 53.5. The van der Waals surface area contributed by atoms with Gasteiger partial charge in [0.1, 0.15) is 13.2 Å². The van der Waals surface area contributed by atoms with Crippen LogP contribution in [-0.4, -0.2) is 82.3 Å². The number of aliphatic carboxylic acids is 1. The van der Waals surface area contributed by atoms with Crippen molar-refractivity contribution in [1.29, 1.82) is 0 Å². The average molecular weight is 1000 g/mol. The molecule has 0 rings (SSSR count). The summed E-state index contributed by atoms with van der Waals surface area (Å²) in [7, 11) is 5.93. The Labute approximate surface area is 438 Å². The maximum absolute atomic E-state index is 12.9. The number of allylic oxidation sites excluding steroid dienone is 8. The summed E-state index contributed by atoms with van der Waals surface area (Å²) in [4.78, 5) is 37.3. The number of hydrogen-bond acceptors (Lipinski definition) is 8. The molecule has 2 atom stereocenters. The summed E-state index contributed by atoms with van der Waals surface area (Å²) in [5, 5.41) is 11.8. The summed E-state index contributed by atoms with van der Waals surface area (Å²) in [5.41, 5.74) is 0. The van der Waals surface area contributed by atoms with E-state index < -0.39 is 24.3 Å². The number of likely N-dealkylation sites (N-methyl/N-ethyl adjacent to an activating group) is 1. The molecule has 414 valence electrons. The summed E-state index contributed by atoms with van der Waals surface area (Å²) in [5.74, 6) is -2.27. The molecule has 0 aromatic carbocycles. The Hall–Kier alpha value is -2.75. The van der Waals surface area contributed by atoms with E-state index in [2.05, 4.69) is 62.5 Å². The molecule has 71 heavy (non-hydrogen) atoms. The molecular formula is C62H113NO8. The first-order valence-corrected chi connectivity index (χ1v) is 29.8. The van der Waals surface area contributed by atoms with Crippen LogP contribution in [0.25, 0.3) is 0 Å². The van der Waals surface area contributed by atoms with Gasteiger partial charge in [-0.25, -0.2) is 0 Å². The van der Waals surface area contributed by atoms with E-state index in [9.17, 15) is 19.5 Å². The Morgan fingerprint density at radius 2 is 0.803 bits per heavy atom. The minimum atomic E-state index is -1.62.